The number of hydrogen-bond acceptors (Lipinski definition) is 2. The summed E-state index contributed by atoms with van der Waals surface area (Å²) in [5, 5.41) is 0. The van der Waals surface area contributed by atoms with E-state index in [9.17, 15) is 4.79 Å². The van der Waals surface area contributed by atoms with Gasteiger partial charge in [0.25, 0.3) is 0 Å². The normalized spacial score (nSPS) is 11.2. The number of hydrogen-bond donors (Lipinski definition) is 0. The van der Waals surface area contributed by atoms with Crippen LogP contribution in [0.2, 0.25) is 0 Å². The fourth-order valence-corrected chi connectivity index (χ4v) is 1.96. The fraction of sp³-hybridized carbons (Fsp3) is 0.278. The second-order valence-electron chi connectivity index (χ2n) is 5.95. The molecule has 104 valence electrons. The summed E-state index contributed by atoms with van der Waals surface area (Å²) in [6.45, 7) is 7.67. The molecule has 0 spiro atoms. The lowest BCUT2D eigenvalue weighted by molar-refractivity contribution is 0.00696. The molecule has 0 fully saturated rings. The molecule has 0 aliphatic carbocycles. The molecule has 0 aliphatic heterocycles. The van der Waals surface area contributed by atoms with E-state index in [2.05, 4.69) is 25.1 Å². The zero-order valence-electron chi connectivity index (χ0n) is 12.4. The van der Waals surface area contributed by atoms with E-state index in [0.29, 0.717) is 5.56 Å². The first-order valence-electron chi connectivity index (χ1n) is 6.76. The van der Waals surface area contributed by atoms with Crippen LogP contribution in [0.5, 0.6) is 0 Å². The second-order valence-corrected chi connectivity index (χ2v) is 5.95. The van der Waals surface area contributed by atoms with E-state index in [1.165, 1.54) is 5.56 Å². The van der Waals surface area contributed by atoms with Crippen LogP contribution in [0.25, 0.3) is 11.1 Å². The molecule has 2 aromatic rings. The van der Waals surface area contributed by atoms with Gasteiger partial charge in [-0.05, 0) is 51.0 Å². The summed E-state index contributed by atoms with van der Waals surface area (Å²) in [4.78, 5) is 11.9. The molecule has 0 N–H and O–H groups in total. The maximum atomic E-state index is 11.9. The molecular formula is C18H20O2. The van der Waals surface area contributed by atoms with E-state index < -0.39 is 5.60 Å². The van der Waals surface area contributed by atoms with Crippen molar-refractivity contribution in [2.24, 2.45) is 0 Å². The van der Waals surface area contributed by atoms with Crippen LogP contribution in [0.4, 0.5) is 0 Å². The lowest BCUT2D eigenvalue weighted by Gasteiger charge is -2.19. The van der Waals surface area contributed by atoms with Crippen LogP contribution in [0.15, 0.2) is 48.5 Å². The number of rotatable bonds is 2. The topological polar surface area (TPSA) is 26.3 Å². The fourth-order valence-electron chi connectivity index (χ4n) is 1.96. The first-order chi connectivity index (χ1) is 9.35. The number of aryl methyl sites for hydroxylation is 1. The van der Waals surface area contributed by atoms with Crippen LogP contribution in [0.1, 0.15) is 36.7 Å². The third kappa shape index (κ3) is 3.70. The van der Waals surface area contributed by atoms with Crippen LogP contribution < -0.4 is 0 Å². The maximum absolute atomic E-state index is 11.9. The molecule has 20 heavy (non-hydrogen) atoms. The van der Waals surface area contributed by atoms with Gasteiger partial charge in [-0.1, -0.05) is 42.0 Å². The van der Waals surface area contributed by atoms with Gasteiger partial charge in [0.2, 0.25) is 0 Å². The summed E-state index contributed by atoms with van der Waals surface area (Å²) >= 11 is 0. The molecule has 0 saturated heterocycles. The zero-order chi connectivity index (χ0) is 14.8. The van der Waals surface area contributed by atoms with E-state index in [-0.39, 0.29) is 5.97 Å². The molecule has 2 heteroatoms. The largest absolute Gasteiger partial charge is 0.456 e. The highest BCUT2D eigenvalue weighted by molar-refractivity contribution is 5.90. The van der Waals surface area contributed by atoms with Gasteiger partial charge in [0.15, 0.2) is 0 Å². The van der Waals surface area contributed by atoms with Crippen LogP contribution in [-0.2, 0) is 4.74 Å². The summed E-state index contributed by atoms with van der Waals surface area (Å²) in [5.41, 5.74) is 3.59. The van der Waals surface area contributed by atoms with Gasteiger partial charge in [0.1, 0.15) is 5.60 Å². The minimum absolute atomic E-state index is 0.284. The van der Waals surface area contributed by atoms with Crippen molar-refractivity contribution >= 4 is 5.97 Å². The lowest BCUT2D eigenvalue weighted by atomic mass is 10.0. The monoisotopic (exact) mass is 268 g/mol. The molecular weight excluding hydrogens is 248 g/mol. The minimum atomic E-state index is -0.466. The van der Waals surface area contributed by atoms with Crippen molar-refractivity contribution in [3.05, 3.63) is 59.7 Å². The maximum Gasteiger partial charge on any atom is 0.338 e. The van der Waals surface area contributed by atoms with E-state index in [1.807, 2.05) is 51.1 Å². The predicted molar refractivity (Wildman–Crippen MR) is 81.8 cm³/mol. The Labute approximate surface area is 120 Å². The van der Waals surface area contributed by atoms with Crippen molar-refractivity contribution in [3.8, 4) is 11.1 Å². The quantitative estimate of drug-likeness (QED) is 0.743. The SMILES string of the molecule is Cc1cccc(-c2ccc(C(=O)OC(C)(C)C)cc2)c1. The Morgan fingerprint density at radius 1 is 0.950 bits per heavy atom. The van der Waals surface area contributed by atoms with E-state index in [4.69, 9.17) is 4.74 Å². The standard InChI is InChI=1S/C18H20O2/c1-13-6-5-7-16(12-13)14-8-10-15(11-9-14)17(19)20-18(2,3)4/h5-12H,1-4H3. The molecule has 0 aliphatic rings. The first-order valence-corrected chi connectivity index (χ1v) is 6.76. The molecule has 0 radical (unpaired) electrons. The van der Waals surface area contributed by atoms with Gasteiger partial charge in [0.05, 0.1) is 5.56 Å². The molecule has 0 atom stereocenters. The van der Waals surface area contributed by atoms with Gasteiger partial charge in [-0.2, -0.15) is 0 Å². The van der Waals surface area contributed by atoms with Gasteiger partial charge >= 0.3 is 5.97 Å². The predicted octanol–water partition coefficient (Wildman–Crippen LogP) is 4.62. The minimum Gasteiger partial charge on any atom is -0.456 e. The third-order valence-corrected chi connectivity index (χ3v) is 2.87. The van der Waals surface area contributed by atoms with Gasteiger partial charge in [0, 0.05) is 0 Å². The molecule has 0 bridgehead atoms. The molecule has 2 nitrogen and oxygen atoms in total. The molecule has 0 heterocycles. The number of benzene rings is 2. The number of carbonyl (C=O) groups is 1. The Morgan fingerprint density at radius 3 is 2.15 bits per heavy atom. The summed E-state index contributed by atoms with van der Waals surface area (Å²) in [6, 6.07) is 15.8. The number of ether oxygens (including phenoxy) is 1. The van der Waals surface area contributed by atoms with E-state index in [0.717, 1.165) is 11.1 Å². The van der Waals surface area contributed by atoms with Crippen molar-refractivity contribution in [3.63, 3.8) is 0 Å². The van der Waals surface area contributed by atoms with Crippen LogP contribution in [-0.4, -0.2) is 11.6 Å². The Bertz CT molecular complexity index is 604. The summed E-state index contributed by atoms with van der Waals surface area (Å²) in [6.07, 6.45) is 0. The zero-order valence-corrected chi connectivity index (χ0v) is 12.4. The summed E-state index contributed by atoms with van der Waals surface area (Å²) < 4.78 is 5.35. The highest BCUT2D eigenvalue weighted by Gasteiger charge is 2.17. The smallest absolute Gasteiger partial charge is 0.338 e. The first kappa shape index (κ1) is 14.3. The van der Waals surface area contributed by atoms with Crippen molar-refractivity contribution in [1.29, 1.82) is 0 Å². The Kier molecular flexibility index (Phi) is 3.93. The molecule has 0 aromatic heterocycles. The highest BCUT2D eigenvalue weighted by atomic mass is 16.6. The molecule has 0 saturated carbocycles. The number of carbonyl (C=O) groups excluding carboxylic acids is 1. The molecule has 2 rings (SSSR count). The Morgan fingerprint density at radius 2 is 1.60 bits per heavy atom. The molecule has 2 aromatic carbocycles. The van der Waals surface area contributed by atoms with Crippen LogP contribution >= 0.6 is 0 Å². The average Bonchev–Trinajstić information content (AvgIpc) is 2.37. The van der Waals surface area contributed by atoms with E-state index >= 15 is 0 Å². The average molecular weight is 268 g/mol. The van der Waals surface area contributed by atoms with Crippen molar-refractivity contribution in [1.82, 2.24) is 0 Å². The van der Waals surface area contributed by atoms with Crippen LogP contribution in [0.3, 0.4) is 0 Å². The highest BCUT2D eigenvalue weighted by Crippen LogP contribution is 2.21. The van der Waals surface area contributed by atoms with Crippen molar-refractivity contribution < 1.29 is 9.53 Å². The second kappa shape index (κ2) is 5.49. The third-order valence-electron chi connectivity index (χ3n) is 2.87. The van der Waals surface area contributed by atoms with E-state index in [1.54, 1.807) is 0 Å². The summed E-state index contributed by atoms with van der Waals surface area (Å²) in [5.74, 6) is -0.284. The van der Waals surface area contributed by atoms with Gasteiger partial charge in [-0.3, -0.25) is 0 Å². The lowest BCUT2D eigenvalue weighted by Crippen LogP contribution is -2.23. The van der Waals surface area contributed by atoms with Crippen molar-refractivity contribution in [2.45, 2.75) is 33.3 Å². The Balaban J connectivity index is 2.20. The van der Waals surface area contributed by atoms with Crippen LogP contribution in [0, 0.1) is 6.92 Å². The number of esters is 1. The van der Waals surface area contributed by atoms with Gasteiger partial charge in [-0.25, -0.2) is 4.79 Å². The van der Waals surface area contributed by atoms with Gasteiger partial charge < -0.3 is 4.74 Å². The molecule has 0 amide bonds. The van der Waals surface area contributed by atoms with Crippen molar-refractivity contribution in [2.75, 3.05) is 0 Å². The Hall–Kier alpha value is -2.09. The molecule has 0 unspecified atom stereocenters. The summed E-state index contributed by atoms with van der Waals surface area (Å²) in [7, 11) is 0. The van der Waals surface area contributed by atoms with Gasteiger partial charge in [-0.15, -0.1) is 0 Å².